The molecule has 2 aromatic carbocycles. The van der Waals surface area contributed by atoms with E-state index >= 15 is 0 Å². The van der Waals surface area contributed by atoms with Crippen LogP contribution in [0.2, 0.25) is 0 Å². The third-order valence-electron chi connectivity index (χ3n) is 4.60. The molecule has 0 unspecified atom stereocenters. The molecule has 0 bridgehead atoms. The molecule has 9 heteroatoms. The molecule has 1 amide bonds. The minimum atomic E-state index is -3.77. The molecule has 29 heavy (non-hydrogen) atoms. The van der Waals surface area contributed by atoms with Crippen LogP contribution >= 0.6 is 11.3 Å². The van der Waals surface area contributed by atoms with Crippen LogP contribution in [0.25, 0.3) is 10.4 Å². The Bertz CT molecular complexity index is 1190. The fourth-order valence-corrected chi connectivity index (χ4v) is 6.36. The Balaban J connectivity index is 1.57. The van der Waals surface area contributed by atoms with E-state index in [-0.39, 0.29) is 16.5 Å². The van der Waals surface area contributed by atoms with Gasteiger partial charge in [0.25, 0.3) is 15.9 Å². The highest BCUT2D eigenvalue weighted by Gasteiger charge is 2.38. The minimum absolute atomic E-state index is 0.0756. The standard InChI is InChI=1S/C20H16N2O5S2/c23-18(21-25)12-22-11-16-10-17(28-20(16)29(22,26)27)13-6-8-15(9-7-13)19(24)14-4-2-1-3-5-14/h1-10,25H,11-12H2,(H,21,23). The number of carbonyl (C=O) groups excluding carboxylic acids is 2. The number of nitrogens with one attached hydrogen (secondary N) is 1. The largest absolute Gasteiger partial charge is 0.289 e. The van der Waals surface area contributed by atoms with Gasteiger partial charge in [-0.3, -0.25) is 14.8 Å². The summed E-state index contributed by atoms with van der Waals surface area (Å²) in [5.41, 5.74) is 4.02. The summed E-state index contributed by atoms with van der Waals surface area (Å²) in [5.74, 6) is -0.867. The lowest BCUT2D eigenvalue weighted by atomic mass is 10.0. The Hall–Kier alpha value is -2.85. The van der Waals surface area contributed by atoms with Crippen molar-refractivity contribution in [2.45, 2.75) is 10.8 Å². The molecule has 0 saturated carbocycles. The monoisotopic (exact) mass is 428 g/mol. The fraction of sp³-hybridized carbons (Fsp3) is 0.100. The molecule has 0 fully saturated rings. The summed E-state index contributed by atoms with van der Waals surface area (Å²) in [6.45, 7) is -0.363. The SMILES string of the molecule is O=C(CN1Cc2cc(-c3ccc(C(=O)c4ccccc4)cc3)sc2S1(=O)=O)NO. The summed E-state index contributed by atoms with van der Waals surface area (Å²) in [5, 5.41) is 8.62. The van der Waals surface area contributed by atoms with Crippen LogP contribution in [-0.4, -0.2) is 36.2 Å². The molecule has 4 rings (SSSR count). The number of fused-ring (bicyclic) bond motifs is 1. The molecule has 0 aliphatic carbocycles. The number of ketones is 1. The molecule has 0 spiro atoms. The highest BCUT2D eigenvalue weighted by atomic mass is 32.2. The third-order valence-corrected chi connectivity index (χ3v) is 8.18. The quantitative estimate of drug-likeness (QED) is 0.369. The molecule has 0 atom stereocenters. The highest BCUT2D eigenvalue weighted by molar-refractivity contribution is 7.91. The number of sulfonamides is 1. The van der Waals surface area contributed by atoms with Gasteiger partial charge >= 0.3 is 0 Å². The van der Waals surface area contributed by atoms with E-state index in [2.05, 4.69) is 0 Å². The first-order chi connectivity index (χ1) is 13.9. The van der Waals surface area contributed by atoms with Gasteiger partial charge < -0.3 is 0 Å². The van der Waals surface area contributed by atoms with Crippen LogP contribution in [0.3, 0.4) is 0 Å². The molecule has 0 saturated heterocycles. The van der Waals surface area contributed by atoms with Gasteiger partial charge in [-0.05, 0) is 17.2 Å². The van der Waals surface area contributed by atoms with Gasteiger partial charge in [0, 0.05) is 22.5 Å². The maximum Gasteiger partial charge on any atom is 0.258 e. The van der Waals surface area contributed by atoms with Gasteiger partial charge in [-0.1, -0.05) is 54.6 Å². The highest BCUT2D eigenvalue weighted by Crippen LogP contribution is 2.41. The molecule has 1 aromatic heterocycles. The summed E-state index contributed by atoms with van der Waals surface area (Å²) in [7, 11) is -3.77. The van der Waals surface area contributed by atoms with Crippen LogP contribution in [0.4, 0.5) is 0 Å². The second kappa shape index (κ2) is 7.53. The van der Waals surface area contributed by atoms with E-state index in [1.54, 1.807) is 42.5 Å². The van der Waals surface area contributed by atoms with Crippen molar-refractivity contribution in [2.24, 2.45) is 0 Å². The van der Waals surface area contributed by atoms with Crippen molar-refractivity contribution in [2.75, 3.05) is 6.54 Å². The first-order valence-electron chi connectivity index (χ1n) is 8.66. The van der Waals surface area contributed by atoms with Crippen molar-refractivity contribution in [3.05, 3.63) is 77.4 Å². The van der Waals surface area contributed by atoms with Crippen LogP contribution in [-0.2, 0) is 21.4 Å². The predicted octanol–water partition coefficient (Wildman–Crippen LogP) is 2.66. The number of hydrogen-bond acceptors (Lipinski definition) is 6. The van der Waals surface area contributed by atoms with E-state index < -0.39 is 22.5 Å². The van der Waals surface area contributed by atoms with Crippen LogP contribution < -0.4 is 5.48 Å². The van der Waals surface area contributed by atoms with E-state index in [1.165, 1.54) is 5.48 Å². The molecular weight excluding hydrogens is 412 g/mol. The van der Waals surface area contributed by atoms with Gasteiger partial charge in [-0.25, -0.2) is 13.9 Å². The van der Waals surface area contributed by atoms with E-state index in [4.69, 9.17) is 5.21 Å². The van der Waals surface area contributed by atoms with Gasteiger partial charge in [0.15, 0.2) is 5.78 Å². The fourth-order valence-electron chi connectivity index (χ4n) is 3.15. The Morgan fingerprint density at radius 3 is 2.31 bits per heavy atom. The molecule has 1 aliphatic rings. The molecule has 1 aliphatic heterocycles. The Labute approximate surface area is 171 Å². The molecule has 0 radical (unpaired) electrons. The van der Waals surface area contributed by atoms with Crippen molar-refractivity contribution >= 4 is 33.1 Å². The van der Waals surface area contributed by atoms with Gasteiger partial charge in [0.2, 0.25) is 0 Å². The van der Waals surface area contributed by atoms with Crippen molar-refractivity contribution in [1.82, 2.24) is 9.79 Å². The van der Waals surface area contributed by atoms with Crippen LogP contribution in [0, 0.1) is 0 Å². The summed E-state index contributed by atoms with van der Waals surface area (Å²) < 4.78 is 26.4. The van der Waals surface area contributed by atoms with Gasteiger partial charge in [-0.2, -0.15) is 4.31 Å². The summed E-state index contributed by atoms with van der Waals surface area (Å²) in [6.07, 6.45) is 0. The van der Waals surface area contributed by atoms with Crippen LogP contribution in [0.15, 0.2) is 64.9 Å². The Morgan fingerprint density at radius 2 is 1.69 bits per heavy atom. The Kier molecular flexibility index (Phi) is 5.05. The van der Waals surface area contributed by atoms with Crippen molar-refractivity contribution in [3.8, 4) is 10.4 Å². The van der Waals surface area contributed by atoms with Gasteiger partial charge in [0.1, 0.15) is 4.21 Å². The molecule has 2 N–H and O–H groups in total. The van der Waals surface area contributed by atoms with Crippen molar-refractivity contribution in [3.63, 3.8) is 0 Å². The number of benzene rings is 2. The maximum absolute atomic E-state index is 12.6. The topological polar surface area (TPSA) is 104 Å². The zero-order valence-electron chi connectivity index (χ0n) is 15.0. The molecule has 148 valence electrons. The van der Waals surface area contributed by atoms with Crippen molar-refractivity contribution in [1.29, 1.82) is 0 Å². The average molecular weight is 428 g/mol. The molecule has 2 heterocycles. The number of rotatable bonds is 5. The molecular formula is C20H16N2O5S2. The van der Waals surface area contributed by atoms with Crippen molar-refractivity contribution < 1.29 is 23.2 Å². The number of amides is 1. The Morgan fingerprint density at radius 1 is 1.03 bits per heavy atom. The second-order valence-corrected chi connectivity index (χ2v) is 9.69. The van der Waals surface area contributed by atoms with Gasteiger partial charge in [-0.15, -0.1) is 11.3 Å². The lowest BCUT2D eigenvalue weighted by Crippen LogP contribution is -2.36. The van der Waals surface area contributed by atoms with E-state index in [1.807, 2.05) is 18.2 Å². The molecule has 3 aromatic rings. The number of thiophene rings is 1. The van der Waals surface area contributed by atoms with E-state index in [0.717, 1.165) is 26.1 Å². The smallest absolute Gasteiger partial charge is 0.258 e. The molecule has 7 nitrogen and oxygen atoms in total. The first kappa shape index (κ1) is 19.5. The first-order valence-corrected chi connectivity index (χ1v) is 10.9. The number of nitrogens with zero attached hydrogens (tertiary/aromatic N) is 1. The zero-order chi connectivity index (χ0) is 20.6. The summed E-state index contributed by atoms with van der Waals surface area (Å²) in [6, 6.07) is 17.8. The number of hydrogen-bond donors (Lipinski definition) is 2. The number of carbonyl (C=O) groups is 2. The van der Waals surface area contributed by atoms with E-state index in [9.17, 15) is 18.0 Å². The zero-order valence-corrected chi connectivity index (χ0v) is 16.7. The third kappa shape index (κ3) is 3.60. The maximum atomic E-state index is 12.6. The van der Waals surface area contributed by atoms with Gasteiger partial charge in [0.05, 0.1) is 6.54 Å². The second-order valence-electron chi connectivity index (χ2n) is 6.50. The summed E-state index contributed by atoms with van der Waals surface area (Å²) in [4.78, 5) is 24.6. The summed E-state index contributed by atoms with van der Waals surface area (Å²) >= 11 is 1.12. The average Bonchev–Trinajstić information content (AvgIpc) is 3.26. The normalized spacial score (nSPS) is 15.1. The lowest BCUT2D eigenvalue weighted by Gasteiger charge is -2.12. The lowest BCUT2D eigenvalue weighted by molar-refractivity contribution is -0.129. The van der Waals surface area contributed by atoms with Crippen LogP contribution in [0.5, 0.6) is 0 Å². The minimum Gasteiger partial charge on any atom is -0.289 e. The number of hydroxylamine groups is 1. The van der Waals surface area contributed by atoms with E-state index in [0.29, 0.717) is 16.7 Å². The van der Waals surface area contributed by atoms with Crippen LogP contribution in [0.1, 0.15) is 21.5 Å². The predicted molar refractivity (Wildman–Crippen MR) is 107 cm³/mol.